The van der Waals surface area contributed by atoms with E-state index in [1.54, 1.807) is 28.6 Å². The lowest BCUT2D eigenvalue weighted by Crippen LogP contribution is -2.55. The van der Waals surface area contributed by atoms with Crippen LogP contribution in [-0.2, 0) is 21.4 Å². The second-order valence-corrected chi connectivity index (χ2v) is 9.01. The van der Waals surface area contributed by atoms with Crippen LogP contribution < -0.4 is 0 Å². The zero-order valence-electron chi connectivity index (χ0n) is 15.2. The summed E-state index contributed by atoms with van der Waals surface area (Å²) in [7, 11) is -1.77. The Morgan fingerprint density at radius 3 is 2.35 bits per heavy atom. The number of amides is 1. The molecule has 1 saturated carbocycles. The molecule has 144 valence electrons. The van der Waals surface area contributed by atoms with Crippen LogP contribution in [0.1, 0.15) is 37.7 Å². The quantitative estimate of drug-likeness (QED) is 0.748. The molecule has 9 heteroatoms. The topological polar surface area (TPSA) is 86.7 Å². The van der Waals surface area contributed by atoms with Gasteiger partial charge in [0.15, 0.2) is 0 Å². The van der Waals surface area contributed by atoms with Gasteiger partial charge >= 0.3 is 0 Å². The van der Waals surface area contributed by atoms with Gasteiger partial charge in [0.05, 0.1) is 6.42 Å². The van der Waals surface area contributed by atoms with Crippen molar-refractivity contribution in [3.05, 3.63) is 24.3 Å². The van der Waals surface area contributed by atoms with Crippen molar-refractivity contribution in [3.8, 4) is 0 Å². The maximum absolute atomic E-state index is 12.9. The minimum absolute atomic E-state index is 0.0162. The second kappa shape index (κ2) is 8.41. The summed E-state index contributed by atoms with van der Waals surface area (Å²) in [6, 6.07) is 0.103. The van der Waals surface area contributed by atoms with Gasteiger partial charge in [-0.25, -0.2) is 9.97 Å². The molecule has 0 spiro atoms. The number of piperazine rings is 1. The van der Waals surface area contributed by atoms with E-state index in [9.17, 15) is 13.2 Å². The Kier molecular flexibility index (Phi) is 6.20. The van der Waals surface area contributed by atoms with Crippen LogP contribution in [0.4, 0.5) is 0 Å². The number of aromatic nitrogens is 2. The van der Waals surface area contributed by atoms with Crippen LogP contribution in [-0.4, -0.2) is 77.1 Å². The molecule has 1 amide bonds. The van der Waals surface area contributed by atoms with E-state index in [4.69, 9.17) is 0 Å². The molecule has 2 fully saturated rings. The molecule has 0 radical (unpaired) electrons. The molecule has 0 aromatic carbocycles. The molecule has 0 unspecified atom stereocenters. The zero-order valence-corrected chi connectivity index (χ0v) is 16.1. The standard InChI is InChI=1S/C17H27N5O3S/c1-20(16-5-3-2-4-6-16)26(24,25)22-9-7-21(8-10-22)17(23)11-15-12-18-14-19-13-15/h12-14,16H,2-11H2,1H3. The van der Waals surface area contributed by atoms with E-state index in [0.717, 1.165) is 31.2 Å². The molecule has 0 atom stereocenters. The summed E-state index contributed by atoms with van der Waals surface area (Å²) in [5, 5.41) is 0. The summed E-state index contributed by atoms with van der Waals surface area (Å²) in [4.78, 5) is 22.0. The van der Waals surface area contributed by atoms with Gasteiger partial charge < -0.3 is 4.90 Å². The van der Waals surface area contributed by atoms with E-state index in [1.165, 1.54) is 17.1 Å². The second-order valence-electron chi connectivity index (χ2n) is 7.02. The average molecular weight is 382 g/mol. The first-order chi connectivity index (χ1) is 12.5. The van der Waals surface area contributed by atoms with Crippen molar-refractivity contribution in [2.45, 2.75) is 44.6 Å². The van der Waals surface area contributed by atoms with Crippen molar-refractivity contribution in [1.82, 2.24) is 23.5 Å². The van der Waals surface area contributed by atoms with E-state index >= 15 is 0 Å². The zero-order chi connectivity index (χ0) is 18.6. The first-order valence-corrected chi connectivity index (χ1v) is 10.6. The third kappa shape index (κ3) is 4.39. The molecule has 2 heterocycles. The Morgan fingerprint density at radius 2 is 1.73 bits per heavy atom. The van der Waals surface area contributed by atoms with Gasteiger partial charge in [0.1, 0.15) is 6.33 Å². The van der Waals surface area contributed by atoms with Crippen LogP contribution in [0.15, 0.2) is 18.7 Å². The summed E-state index contributed by atoms with van der Waals surface area (Å²) >= 11 is 0. The van der Waals surface area contributed by atoms with Crippen molar-refractivity contribution in [2.24, 2.45) is 0 Å². The molecule has 1 aliphatic heterocycles. The fraction of sp³-hybridized carbons (Fsp3) is 0.706. The number of nitrogens with zero attached hydrogens (tertiary/aromatic N) is 5. The van der Waals surface area contributed by atoms with Crippen molar-refractivity contribution < 1.29 is 13.2 Å². The predicted octanol–water partition coefficient (Wildman–Crippen LogP) is 0.673. The van der Waals surface area contributed by atoms with Crippen molar-refractivity contribution in [3.63, 3.8) is 0 Å². The van der Waals surface area contributed by atoms with Gasteiger partial charge in [0.2, 0.25) is 5.91 Å². The molecule has 0 bridgehead atoms. The first-order valence-electron chi connectivity index (χ1n) is 9.23. The Balaban J connectivity index is 1.54. The lowest BCUT2D eigenvalue weighted by molar-refractivity contribution is -0.131. The summed E-state index contributed by atoms with van der Waals surface area (Å²) < 4.78 is 28.8. The lowest BCUT2D eigenvalue weighted by Gasteiger charge is -2.38. The molecule has 1 aromatic heterocycles. The van der Waals surface area contributed by atoms with Crippen LogP contribution in [0, 0.1) is 0 Å². The van der Waals surface area contributed by atoms with Crippen LogP contribution >= 0.6 is 0 Å². The van der Waals surface area contributed by atoms with Crippen LogP contribution in [0.3, 0.4) is 0 Å². The van der Waals surface area contributed by atoms with E-state index in [1.807, 2.05) is 0 Å². The minimum atomic E-state index is -3.46. The fourth-order valence-electron chi connectivity index (χ4n) is 3.69. The smallest absolute Gasteiger partial charge is 0.282 e. The molecule has 1 saturated heterocycles. The molecular weight excluding hydrogens is 354 g/mol. The highest BCUT2D eigenvalue weighted by Gasteiger charge is 2.35. The molecule has 1 aliphatic carbocycles. The van der Waals surface area contributed by atoms with E-state index in [2.05, 4.69) is 9.97 Å². The maximum Gasteiger partial charge on any atom is 0.282 e. The highest BCUT2D eigenvalue weighted by atomic mass is 32.2. The highest BCUT2D eigenvalue weighted by Crippen LogP contribution is 2.25. The molecule has 26 heavy (non-hydrogen) atoms. The Morgan fingerprint density at radius 1 is 1.12 bits per heavy atom. The van der Waals surface area contributed by atoms with Crippen LogP contribution in [0.2, 0.25) is 0 Å². The molecule has 3 rings (SSSR count). The first kappa shape index (κ1) is 19.2. The van der Waals surface area contributed by atoms with Crippen molar-refractivity contribution in [1.29, 1.82) is 0 Å². The summed E-state index contributed by atoms with van der Waals surface area (Å²) in [6.07, 6.45) is 10.2. The van der Waals surface area contributed by atoms with Crippen LogP contribution in [0.25, 0.3) is 0 Å². The molecule has 1 aromatic rings. The maximum atomic E-state index is 12.9. The summed E-state index contributed by atoms with van der Waals surface area (Å²) in [5.74, 6) is -0.0162. The van der Waals surface area contributed by atoms with Gasteiger partial charge in [-0.3, -0.25) is 4.79 Å². The summed E-state index contributed by atoms with van der Waals surface area (Å²) in [6.45, 7) is 1.53. The minimum Gasteiger partial charge on any atom is -0.340 e. The highest BCUT2D eigenvalue weighted by molar-refractivity contribution is 7.86. The van der Waals surface area contributed by atoms with Gasteiger partial charge in [0, 0.05) is 51.7 Å². The van der Waals surface area contributed by atoms with Gasteiger partial charge in [0.25, 0.3) is 10.2 Å². The molecular formula is C17H27N5O3S. The number of carbonyl (C=O) groups excluding carboxylic acids is 1. The SMILES string of the molecule is CN(C1CCCCC1)S(=O)(=O)N1CCN(C(=O)Cc2cncnc2)CC1. The number of rotatable bonds is 5. The van der Waals surface area contributed by atoms with Gasteiger partial charge in [-0.1, -0.05) is 19.3 Å². The normalized spacial score (nSPS) is 20.5. The van der Waals surface area contributed by atoms with Crippen LogP contribution in [0.5, 0.6) is 0 Å². The molecule has 2 aliphatic rings. The predicted molar refractivity (Wildman–Crippen MR) is 97.4 cm³/mol. The van der Waals surface area contributed by atoms with E-state index in [-0.39, 0.29) is 18.4 Å². The average Bonchev–Trinajstić information content (AvgIpc) is 2.69. The van der Waals surface area contributed by atoms with Crippen molar-refractivity contribution >= 4 is 16.1 Å². The van der Waals surface area contributed by atoms with Crippen molar-refractivity contribution in [2.75, 3.05) is 33.2 Å². The Labute approximate surface area is 155 Å². The van der Waals surface area contributed by atoms with Gasteiger partial charge in [-0.2, -0.15) is 17.0 Å². The van der Waals surface area contributed by atoms with E-state index in [0.29, 0.717) is 26.2 Å². The monoisotopic (exact) mass is 381 g/mol. The number of carbonyl (C=O) groups is 1. The fourth-order valence-corrected chi connectivity index (χ4v) is 5.27. The Hall–Kier alpha value is -1.58. The van der Waals surface area contributed by atoms with Gasteiger partial charge in [-0.15, -0.1) is 0 Å². The third-order valence-electron chi connectivity index (χ3n) is 5.34. The third-order valence-corrected chi connectivity index (χ3v) is 7.38. The largest absolute Gasteiger partial charge is 0.340 e. The van der Waals surface area contributed by atoms with Gasteiger partial charge in [-0.05, 0) is 18.4 Å². The Bertz CT molecular complexity index is 698. The molecule has 0 N–H and O–H groups in total. The number of hydrogen-bond donors (Lipinski definition) is 0. The molecule has 8 nitrogen and oxygen atoms in total. The van der Waals surface area contributed by atoms with E-state index < -0.39 is 10.2 Å². The lowest BCUT2D eigenvalue weighted by atomic mass is 9.96. The summed E-state index contributed by atoms with van der Waals surface area (Å²) in [5.41, 5.74) is 0.768. The number of hydrogen-bond acceptors (Lipinski definition) is 5.